The van der Waals surface area contributed by atoms with Crippen LogP contribution in [0.15, 0.2) is 67.0 Å². The van der Waals surface area contributed by atoms with Crippen LogP contribution in [-0.4, -0.2) is 39.0 Å². The largest absolute Gasteiger partial charge is 0.480 e. The molecule has 29 heavy (non-hydrogen) atoms. The first-order valence-electron chi connectivity index (χ1n) is 9.33. The number of nitrogens with one attached hydrogen (secondary N) is 2. The van der Waals surface area contributed by atoms with Crippen LogP contribution in [0.25, 0.3) is 11.1 Å². The number of aromatic amines is 1. The molecule has 0 aliphatic carbocycles. The SMILES string of the molecule is O=C(N[C@@H](Cc1ccc(-c2cn[nH]c2)cc1)C(=O)O)C(CS)Cc1ccccc1. The van der Waals surface area contributed by atoms with Gasteiger partial charge in [0.05, 0.1) is 12.1 Å². The molecule has 0 saturated heterocycles. The minimum absolute atomic E-state index is 0.206. The van der Waals surface area contributed by atoms with E-state index in [1.165, 1.54) is 0 Å². The quantitative estimate of drug-likeness (QED) is 0.409. The standard InChI is InChI=1S/C22H23N3O3S/c26-21(18(14-29)10-15-4-2-1-3-5-15)25-20(22(27)28)11-16-6-8-17(9-7-16)19-12-23-24-13-19/h1-9,12-13,18,20,29H,10-11,14H2,(H,23,24)(H,25,26)(H,27,28)/t18?,20-/m0/s1. The molecule has 0 spiro atoms. The van der Waals surface area contributed by atoms with Gasteiger partial charge in [-0.2, -0.15) is 17.7 Å². The molecule has 150 valence electrons. The van der Waals surface area contributed by atoms with Crippen molar-refractivity contribution >= 4 is 24.5 Å². The van der Waals surface area contributed by atoms with E-state index in [1.54, 1.807) is 12.4 Å². The number of aliphatic carboxylic acids is 1. The van der Waals surface area contributed by atoms with Crippen LogP contribution < -0.4 is 5.32 Å². The van der Waals surface area contributed by atoms with Crippen LogP contribution in [0.3, 0.4) is 0 Å². The molecule has 0 radical (unpaired) electrons. The molecule has 3 N–H and O–H groups in total. The van der Waals surface area contributed by atoms with Crippen LogP contribution in [0, 0.1) is 5.92 Å². The Morgan fingerprint density at radius 1 is 1.00 bits per heavy atom. The predicted octanol–water partition coefficient (Wildman–Crippen LogP) is 2.98. The molecule has 2 aromatic carbocycles. The topological polar surface area (TPSA) is 95.1 Å². The van der Waals surface area contributed by atoms with Crippen molar-refractivity contribution in [2.24, 2.45) is 5.92 Å². The van der Waals surface area contributed by atoms with Crippen molar-refractivity contribution in [2.75, 3.05) is 5.75 Å². The highest BCUT2D eigenvalue weighted by molar-refractivity contribution is 7.80. The fourth-order valence-electron chi connectivity index (χ4n) is 3.11. The maximum absolute atomic E-state index is 12.7. The first kappa shape index (κ1) is 20.7. The lowest BCUT2D eigenvalue weighted by atomic mass is 9.98. The number of aromatic nitrogens is 2. The Hall–Kier alpha value is -3.06. The zero-order valence-electron chi connectivity index (χ0n) is 15.8. The monoisotopic (exact) mass is 409 g/mol. The molecular formula is C22H23N3O3S. The van der Waals surface area contributed by atoms with Crippen LogP contribution in [0.1, 0.15) is 11.1 Å². The second kappa shape index (κ2) is 9.93. The summed E-state index contributed by atoms with van der Waals surface area (Å²) in [7, 11) is 0. The molecule has 3 rings (SSSR count). The zero-order valence-corrected chi connectivity index (χ0v) is 16.7. The Labute approximate surface area is 174 Å². The van der Waals surface area contributed by atoms with E-state index >= 15 is 0 Å². The summed E-state index contributed by atoms with van der Waals surface area (Å²) in [6.45, 7) is 0. The second-order valence-electron chi connectivity index (χ2n) is 6.86. The fraction of sp³-hybridized carbons (Fsp3) is 0.227. The molecule has 0 fully saturated rings. The lowest BCUT2D eigenvalue weighted by molar-refractivity contribution is -0.142. The van der Waals surface area contributed by atoms with E-state index < -0.39 is 17.9 Å². The maximum atomic E-state index is 12.7. The van der Waals surface area contributed by atoms with E-state index in [0.29, 0.717) is 12.2 Å². The number of carboxylic acid groups (broad SMARTS) is 1. The molecule has 0 aliphatic heterocycles. The third-order valence-corrected chi connectivity index (χ3v) is 5.20. The lowest BCUT2D eigenvalue weighted by Gasteiger charge is -2.19. The van der Waals surface area contributed by atoms with Crippen LogP contribution in [0.2, 0.25) is 0 Å². The van der Waals surface area contributed by atoms with E-state index in [1.807, 2.05) is 54.6 Å². The number of nitrogens with zero attached hydrogens (tertiary/aromatic N) is 1. The second-order valence-corrected chi connectivity index (χ2v) is 7.22. The van der Waals surface area contributed by atoms with Gasteiger partial charge in [0.15, 0.2) is 0 Å². The molecule has 0 bridgehead atoms. The third-order valence-electron chi connectivity index (χ3n) is 4.76. The summed E-state index contributed by atoms with van der Waals surface area (Å²) < 4.78 is 0. The number of thiol groups is 1. The Morgan fingerprint density at radius 2 is 1.69 bits per heavy atom. The van der Waals surface area contributed by atoms with Crippen molar-refractivity contribution in [1.29, 1.82) is 0 Å². The average molecular weight is 410 g/mol. The smallest absolute Gasteiger partial charge is 0.326 e. The Kier molecular flexibility index (Phi) is 7.08. The number of H-pyrrole nitrogens is 1. The van der Waals surface area contributed by atoms with Gasteiger partial charge in [-0.05, 0) is 23.1 Å². The highest BCUT2D eigenvalue weighted by Gasteiger charge is 2.25. The normalized spacial score (nSPS) is 12.9. The molecule has 1 unspecified atom stereocenters. The predicted molar refractivity (Wildman–Crippen MR) is 115 cm³/mol. The minimum Gasteiger partial charge on any atom is -0.480 e. The first-order valence-corrected chi connectivity index (χ1v) is 9.96. The van der Waals surface area contributed by atoms with Gasteiger partial charge >= 0.3 is 5.97 Å². The maximum Gasteiger partial charge on any atom is 0.326 e. The Morgan fingerprint density at radius 3 is 2.28 bits per heavy atom. The summed E-state index contributed by atoms with van der Waals surface area (Å²) in [4.78, 5) is 24.4. The van der Waals surface area contributed by atoms with Crippen LogP contribution in [0.4, 0.5) is 0 Å². The number of benzene rings is 2. The molecule has 0 aliphatic rings. The fourth-order valence-corrected chi connectivity index (χ4v) is 3.40. The number of rotatable bonds is 9. The average Bonchev–Trinajstić information content (AvgIpc) is 3.27. The van der Waals surface area contributed by atoms with Gasteiger partial charge in [0, 0.05) is 23.9 Å². The number of carbonyl (C=O) groups is 2. The van der Waals surface area contributed by atoms with Crippen molar-refractivity contribution < 1.29 is 14.7 Å². The van der Waals surface area contributed by atoms with E-state index in [2.05, 4.69) is 28.1 Å². The molecule has 0 saturated carbocycles. The van der Waals surface area contributed by atoms with Crippen LogP contribution in [-0.2, 0) is 22.4 Å². The van der Waals surface area contributed by atoms with E-state index in [0.717, 1.165) is 22.3 Å². The lowest BCUT2D eigenvalue weighted by Crippen LogP contribution is -2.45. The van der Waals surface area contributed by atoms with Crippen molar-refractivity contribution in [2.45, 2.75) is 18.9 Å². The highest BCUT2D eigenvalue weighted by atomic mass is 32.1. The highest BCUT2D eigenvalue weighted by Crippen LogP contribution is 2.19. The number of carbonyl (C=O) groups excluding carboxylic acids is 1. The molecule has 1 heterocycles. The van der Waals surface area contributed by atoms with Gasteiger partial charge in [0.2, 0.25) is 5.91 Å². The van der Waals surface area contributed by atoms with E-state index in [4.69, 9.17) is 0 Å². The summed E-state index contributed by atoms with van der Waals surface area (Å²) in [6.07, 6.45) is 4.23. The first-order chi connectivity index (χ1) is 14.1. The number of hydrogen-bond acceptors (Lipinski definition) is 4. The van der Waals surface area contributed by atoms with Crippen molar-refractivity contribution in [3.63, 3.8) is 0 Å². The van der Waals surface area contributed by atoms with Gasteiger partial charge in [0.1, 0.15) is 6.04 Å². The summed E-state index contributed by atoms with van der Waals surface area (Å²) in [5, 5.41) is 18.9. The molecule has 6 nitrogen and oxygen atoms in total. The molecule has 7 heteroatoms. The zero-order chi connectivity index (χ0) is 20.6. The Bertz CT molecular complexity index is 928. The van der Waals surface area contributed by atoms with Gasteiger partial charge in [-0.3, -0.25) is 9.89 Å². The van der Waals surface area contributed by atoms with Gasteiger partial charge < -0.3 is 10.4 Å². The van der Waals surface area contributed by atoms with Crippen molar-refractivity contribution in [1.82, 2.24) is 15.5 Å². The van der Waals surface area contributed by atoms with Crippen molar-refractivity contribution in [3.8, 4) is 11.1 Å². The summed E-state index contributed by atoms with van der Waals surface area (Å²) in [5.74, 6) is -1.42. The molecule has 2 atom stereocenters. The third kappa shape index (κ3) is 5.71. The van der Waals surface area contributed by atoms with Gasteiger partial charge in [-0.1, -0.05) is 54.6 Å². The number of amides is 1. The molecule has 1 aromatic heterocycles. The van der Waals surface area contributed by atoms with Gasteiger partial charge in [0.25, 0.3) is 0 Å². The molecule has 3 aromatic rings. The van der Waals surface area contributed by atoms with Crippen LogP contribution >= 0.6 is 12.6 Å². The summed E-state index contributed by atoms with van der Waals surface area (Å²) in [5.41, 5.74) is 3.78. The van der Waals surface area contributed by atoms with E-state index in [-0.39, 0.29) is 12.3 Å². The number of hydrogen-bond donors (Lipinski definition) is 4. The number of carboxylic acids is 1. The summed E-state index contributed by atoms with van der Waals surface area (Å²) in [6, 6.07) is 16.2. The minimum atomic E-state index is -1.06. The Balaban J connectivity index is 1.64. The molecule has 1 amide bonds. The van der Waals surface area contributed by atoms with Gasteiger partial charge in [-0.15, -0.1) is 0 Å². The van der Waals surface area contributed by atoms with Gasteiger partial charge in [-0.25, -0.2) is 4.79 Å². The summed E-state index contributed by atoms with van der Waals surface area (Å²) >= 11 is 4.28. The van der Waals surface area contributed by atoms with E-state index in [9.17, 15) is 14.7 Å². The van der Waals surface area contributed by atoms with Crippen LogP contribution in [0.5, 0.6) is 0 Å². The molecular weight excluding hydrogens is 386 g/mol. The van der Waals surface area contributed by atoms with Crippen molar-refractivity contribution in [3.05, 3.63) is 78.1 Å².